The van der Waals surface area contributed by atoms with Crippen molar-refractivity contribution >= 4 is 16.6 Å². The number of Topliss-reactive ketones (excluding diaryl/α,β-unsaturated/α-hetero) is 1. The van der Waals surface area contributed by atoms with Gasteiger partial charge >= 0.3 is 0 Å². The minimum atomic E-state index is -0.717. The second-order valence-electron chi connectivity index (χ2n) is 7.74. The normalized spacial score (nSPS) is 27.1. The summed E-state index contributed by atoms with van der Waals surface area (Å²) in [6, 6.07) is 17.9. The molecule has 2 aliphatic rings. The largest absolute Gasteiger partial charge is 0.489 e. The molecule has 0 N–H and O–H groups in total. The van der Waals surface area contributed by atoms with Crippen molar-refractivity contribution in [1.82, 2.24) is 0 Å². The van der Waals surface area contributed by atoms with Crippen LogP contribution in [-0.4, -0.2) is 20.5 Å². The molecule has 0 radical (unpaired) electrons. The molecule has 2 bridgehead atoms. The number of carbonyl (C=O) groups is 1. The van der Waals surface area contributed by atoms with Gasteiger partial charge in [-0.2, -0.15) is 0 Å². The number of rotatable bonds is 6. The highest BCUT2D eigenvalue weighted by molar-refractivity contribution is 7.86. The van der Waals surface area contributed by atoms with Crippen molar-refractivity contribution in [3.8, 4) is 5.75 Å². The van der Waals surface area contributed by atoms with Crippen LogP contribution in [0.3, 0.4) is 0 Å². The molecule has 2 aromatic carbocycles. The van der Waals surface area contributed by atoms with E-state index in [2.05, 4.69) is 0 Å². The lowest BCUT2D eigenvalue weighted by molar-refractivity contribution is -0.122. The second-order valence-corrected chi connectivity index (χ2v) is 9.73. The molecule has 142 valence electrons. The van der Waals surface area contributed by atoms with E-state index >= 15 is 0 Å². The molecule has 4 heteroatoms. The first-order chi connectivity index (χ1) is 13.2. The van der Waals surface area contributed by atoms with Gasteiger partial charge in [-0.15, -0.1) is 0 Å². The molecule has 4 rings (SSSR count). The van der Waals surface area contributed by atoms with Crippen molar-refractivity contribution in [3.63, 3.8) is 0 Å². The van der Waals surface area contributed by atoms with Crippen molar-refractivity contribution in [2.75, 3.05) is 0 Å². The van der Waals surface area contributed by atoms with Crippen LogP contribution in [0.1, 0.15) is 43.2 Å². The smallest absolute Gasteiger partial charge is 0.140 e. The first-order valence-electron chi connectivity index (χ1n) is 9.87. The number of benzene rings is 2. The van der Waals surface area contributed by atoms with Crippen LogP contribution in [0.2, 0.25) is 0 Å². The Labute approximate surface area is 163 Å². The molecule has 2 unspecified atom stereocenters. The molecule has 2 saturated heterocycles. The molecular weight excluding hydrogens is 356 g/mol. The molecule has 2 fully saturated rings. The Bertz CT molecular complexity index is 801. The first kappa shape index (κ1) is 18.4. The highest BCUT2D eigenvalue weighted by Crippen LogP contribution is 2.37. The van der Waals surface area contributed by atoms with Gasteiger partial charge in [0.2, 0.25) is 0 Å². The van der Waals surface area contributed by atoms with E-state index < -0.39 is 10.8 Å². The average molecular weight is 383 g/mol. The third-order valence-corrected chi connectivity index (χ3v) is 7.95. The third kappa shape index (κ3) is 4.49. The fourth-order valence-corrected chi connectivity index (χ4v) is 6.51. The first-order valence-corrected chi connectivity index (χ1v) is 11.1. The van der Waals surface area contributed by atoms with Crippen molar-refractivity contribution in [2.24, 2.45) is 5.92 Å². The van der Waals surface area contributed by atoms with Gasteiger partial charge in [0.05, 0.1) is 0 Å². The zero-order chi connectivity index (χ0) is 18.6. The zero-order valence-corrected chi connectivity index (χ0v) is 16.3. The summed E-state index contributed by atoms with van der Waals surface area (Å²) in [5.74, 6) is 1.17. The average Bonchev–Trinajstić information content (AvgIpc) is 2.67. The predicted octanol–water partition coefficient (Wildman–Crippen LogP) is 4.46. The SMILES string of the molecule is O=C(Cc1cccc(OCc2ccccc2)c1)C1CC2CCCC(C1)S2=O. The van der Waals surface area contributed by atoms with Gasteiger partial charge in [0.25, 0.3) is 0 Å². The van der Waals surface area contributed by atoms with Gasteiger partial charge in [0.15, 0.2) is 0 Å². The molecule has 0 aliphatic carbocycles. The summed E-state index contributed by atoms with van der Waals surface area (Å²) >= 11 is 0. The molecule has 0 amide bonds. The fraction of sp³-hybridized carbons (Fsp3) is 0.435. The van der Waals surface area contributed by atoms with Crippen molar-refractivity contribution in [2.45, 2.75) is 55.6 Å². The number of ketones is 1. The Morgan fingerprint density at radius 3 is 2.41 bits per heavy atom. The minimum Gasteiger partial charge on any atom is -0.489 e. The molecule has 2 atom stereocenters. The Morgan fingerprint density at radius 2 is 1.67 bits per heavy atom. The summed E-state index contributed by atoms with van der Waals surface area (Å²) in [4.78, 5) is 12.9. The van der Waals surface area contributed by atoms with Crippen LogP contribution < -0.4 is 4.74 Å². The molecule has 27 heavy (non-hydrogen) atoms. The molecule has 2 aromatic rings. The molecule has 2 heterocycles. The van der Waals surface area contributed by atoms with Gasteiger partial charge in [0, 0.05) is 33.6 Å². The fourth-order valence-electron chi connectivity index (χ4n) is 4.33. The van der Waals surface area contributed by atoms with Crippen molar-refractivity contribution in [3.05, 3.63) is 65.7 Å². The molecule has 2 aliphatic heterocycles. The lowest BCUT2D eigenvalue weighted by Crippen LogP contribution is -2.41. The monoisotopic (exact) mass is 382 g/mol. The van der Waals surface area contributed by atoms with E-state index in [0.29, 0.717) is 18.8 Å². The van der Waals surface area contributed by atoms with Gasteiger partial charge in [-0.3, -0.25) is 9.00 Å². The molecule has 3 nitrogen and oxygen atoms in total. The Morgan fingerprint density at radius 1 is 0.963 bits per heavy atom. The van der Waals surface area contributed by atoms with Gasteiger partial charge in [-0.05, 0) is 48.9 Å². The third-order valence-electron chi connectivity index (χ3n) is 5.78. The summed E-state index contributed by atoms with van der Waals surface area (Å²) in [6.45, 7) is 0.524. The number of ether oxygens (including phenoxy) is 1. The maximum absolute atomic E-state index is 12.9. The highest BCUT2D eigenvalue weighted by Gasteiger charge is 2.40. The second kappa shape index (κ2) is 8.39. The maximum Gasteiger partial charge on any atom is 0.140 e. The lowest BCUT2D eigenvalue weighted by Gasteiger charge is -2.37. The van der Waals surface area contributed by atoms with Crippen molar-refractivity contribution < 1.29 is 13.7 Å². The maximum atomic E-state index is 12.9. The topological polar surface area (TPSA) is 43.4 Å². The van der Waals surface area contributed by atoms with E-state index in [0.717, 1.165) is 42.6 Å². The Balaban J connectivity index is 1.36. The molecule has 0 aromatic heterocycles. The summed E-state index contributed by atoms with van der Waals surface area (Å²) in [5.41, 5.74) is 2.13. The molecule has 0 saturated carbocycles. The minimum absolute atomic E-state index is 0.0758. The number of carbonyl (C=O) groups excluding carboxylic acids is 1. The number of hydrogen-bond donors (Lipinski definition) is 0. The summed E-state index contributed by atoms with van der Waals surface area (Å²) in [6.07, 6.45) is 5.28. The van der Waals surface area contributed by atoms with Crippen molar-refractivity contribution in [1.29, 1.82) is 0 Å². The van der Waals surface area contributed by atoms with Crippen LogP contribution in [0.4, 0.5) is 0 Å². The van der Waals surface area contributed by atoms with E-state index in [1.54, 1.807) is 0 Å². The zero-order valence-electron chi connectivity index (χ0n) is 15.5. The Kier molecular flexibility index (Phi) is 5.72. The summed E-state index contributed by atoms with van der Waals surface area (Å²) in [7, 11) is -0.717. The molecular formula is C23H26O3S. The van der Waals surface area contributed by atoms with Crippen LogP contribution in [0.15, 0.2) is 54.6 Å². The van der Waals surface area contributed by atoms with E-state index in [1.807, 2.05) is 54.6 Å². The van der Waals surface area contributed by atoms with Gasteiger partial charge in [-0.25, -0.2) is 0 Å². The van der Waals surface area contributed by atoms with Crippen LogP contribution in [0, 0.1) is 5.92 Å². The van der Waals surface area contributed by atoms with Crippen LogP contribution in [0.5, 0.6) is 5.75 Å². The van der Waals surface area contributed by atoms with Crippen LogP contribution >= 0.6 is 0 Å². The Hall–Kier alpha value is -1.94. The van der Waals surface area contributed by atoms with Gasteiger partial charge < -0.3 is 4.74 Å². The van der Waals surface area contributed by atoms with Crippen LogP contribution in [0.25, 0.3) is 0 Å². The number of fused-ring (bicyclic) bond motifs is 2. The van der Waals surface area contributed by atoms with E-state index in [1.165, 1.54) is 6.42 Å². The predicted molar refractivity (Wildman–Crippen MR) is 108 cm³/mol. The quantitative estimate of drug-likeness (QED) is 0.741. The summed E-state index contributed by atoms with van der Waals surface area (Å²) < 4.78 is 18.2. The lowest BCUT2D eigenvalue weighted by atomic mass is 9.85. The van der Waals surface area contributed by atoms with Gasteiger partial charge in [0.1, 0.15) is 18.1 Å². The number of hydrogen-bond acceptors (Lipinski definition) is 3. The summed E-state index contributed by atoms with van der Waals surface area (Å²) in [5, 5.41) is 0.485. The van der Waals surface area contributed by atoms with E-state index in [4.69, 9.17) is 4.74 Å². The van der Waals surface area contributed by atoms with E-state index in [-0.39, 0.29) is 16.4 Å². The van der Waals surface area contributed by atoms with Gasteiger partial charge in [-0.1, -0.05) is 48.9 Å². The molecule has 0 spiro atoms. The standard InChI is InChI=1S/C23H26O3S/c24-23(19-14-21-10-5-11-22(15-19)27(21)25)13-18-8-4-9-20(12-18)26-16-17-6-2-1-3-7-17/h1-4,6-9,12,19,21-22H,5,10-11,13-16H2. The van der Waals surface area contributed by atoms with E-state index in [9.17, 15) is 9.00 Å². The highest BCUT2D eigenvalue weighted by atomic mass is 32.2. The van der Waals surface area contributed by atoms with Crippen LogP contribution in [-0.2, 0) is 28.6 Å².